The summed E-state index contributed by atoms with van der Waals surface area (Å²) in [6, 6.07) is 8.56. The molecule has 0 amide bonds. The first kappa shape index (κ1) is 19.3. The van der Waals surface area contributed by atoms with Crippen LogP contribution < -0.4 is 5.32 Å². The van der Waals surface area contributed by atoms with Crippen molar-refractivity contribution in [1.82, 2.24) is 25.3 Å². The molecule has 8 heteroatoms. The van der Waals surface area contributed by atoms with Crippen LogP contribution in [0.1, 0.15) is 17.4 Å². The lowest BCUT2D eigenvalue weighted by Gasteiger charge is -2.30. The van der Waals surface area contributed by atoms with Gasteiger partial charge in [0, 0.05) is 44.8 Å². The van der Waals surface area contributed by atoms with E-state index < -0.39 is 0 Å². The van der Waals surface area contributed by atoms with E-state index in [4.69, 9.17) is 9.26 Å². The van der Waals surface area contributed by atoms with Gasteiger partial charge >= 0.3 is 0 Å². The summed E-state index contributed by atoms with van der Waals surface area (Å²) in [6.07, 6.45) is 0. The second-order valence-corrected chi connectivity index (χ2v) is 6.75. The molecule has 26 heavy (non-hydrogen) atoms. The third-order valence-corrected chi connectivity index (χ3v) is 4.93. The number of piperazine rings is 1. The van der Waals surface area contributed by atoms with Gasteiger partial charge in [-0.15, -0.1) is 12.4 Å². The van der Waals surface area contributed by atoms with Gasteiger partial charge in [-0.1, -0.05) is 17.3 Å². The molecular formula is C18H26ClN5O2. The van der Waals surface area contributed by atoms with E-state index in [1.165, 1.54) is 5.56 Å². The third kappa shape index (κ3) is 4.42. The SMILES string of the molecule is CN1CCNCC1c1noc(-c2cccc(CN3CCOCC3)c2)n1.Cl. The van der Waals surface area contributed by atoms with Crippen LogP contribution in [0.3, 0.4) is 0 Å². The highest BCUT2D eigenvalue weighted by Gasteiger charge is 2.25. The Kier molecular flexibility index (Phi) is 6.61. The number of aromatic nitrogens is 2. The maximum Gasteiger partial charge on any atom is 0.257 e. The van der Waals surface area contributed by atoms with Crippen LogP contribution in [0.5, 0.6) is 0 Å². The first-order valence-corrected chi connectivity index (χ1v) is 8.93. The number of benzene rings is 1. The number of rotatable bonds is 4. The molecule has 1 aromatic heterocycles. The molecule has 7 nitrogen and oxygen atoms in total. The summed E-state index contributed by atoms with van der Waals surface area (Å²) in [6.45, 7) is 7.36. The van der Waals surface area contributed by atoms with Crippen molar-refractivity contribution >= 4 is 12.4 Å². The number of nitrogens with zero attached hydrogens (tertiary/aromatic N) is 4. The number of morpholine rings is 1. The first-order chi connectivity index (χ1) is 12.3. The largest absolute Gasteiger partial charge is 0.379 e. The molecule has 2 aliphatic heterocycles. The second-order valence-electron chi connectivity index (χ2n) is 6.75. The van der Waals surface area contributed by atoms with Crippen LogP contribution in [-0.4, -0.2) is 72.9 Å². The van der Waals surface area contributed by atoms with Crippen molar-refractivity contribution in [1.29, 1.82) is 0 Å². The average molecular weight is 380 g/mol. The van der Waals surface area contributed by atoms with E-state index >= 15 is 0 Å². The zero-order valence-electron chi connectivity index (χ0n) is 15.1. The molecule has 2 fully saturated rings. The molecule has 3 heterocycles. The Balaban J connectivity index is 0.00000196. The van der Waals surface area contributed by atoms with Gasteiger partial charge in [0.1, 0.15) is 0 Å². The van der Waals surface area contributed by atoms with Crippen LogP contribution >= 0.6 is 12.4 Å². The summed E-state index contributed by atoms with van der Waals surface area (Å²) in [5.41, 5.74) is 2.24. The van der Waals surface area contributed by atoms with Crippen LogP contribution in [0.4, 0.5) is 0 Å². The van der Waals surface area contributed by atoms with Gasteiger partial charge in [-0.2, -0.15) is 4.98 Å². The van der Waals surface area contributed by atoms with Crippen LogP contribution in [0.2, 0.25) is 0 Å². The monoisotopic (exact) mass is 379 g/mol. The normalized spacial score (nSPS) is 22.1. The summed E-state index contributed by atoms with van der Waals surface area (Å²) in [5.74, 6) is 1.35. The zero-order chi connectivity index (χ0) is 17.1. The van der Waals surface area contributed by atoms with Gasteiger partial charge in [0.15, 0.2) is 5.82 Å². The van der Waals surface area contributed by atoms with E-state index in [1.807, 2.05) is 6.07 Å². The number of hydrogen-bond donors (Lipinski definition) is 1. The van der Waals surface area contributed by atoms with Gasteiger partial charge in [0.2, 0.25) is 0 Å². The molecule has 1 unspecified atom stereocenters. The molecule has 0 radical (unpaired) electrons. The van der Waals surface area contributed by atoms with E-state index in [1.54, 1.807) is 0 Å². The molecule has 0 spiro atoms. The molecule has 2 aromatic rings. The van der Waals surface area contributed by atoms with Crippen LogP contribution in [0.15, 0.2) is 28.8 Å². The summed E-state index contributed by atoms with van der Waals surface area (Å²) < 4.78 is 11.0. The van der Waals surface area contributed by atoms with Crippen molar-refractivity contribution in [3.8, 4) is 11.5 Å². The number of halogens is 1. The van der Waals surface area contributed by atoms with Gasteiger partial charge in [0.25, 0.3) is 5.89 Å². The minimum atomic E-state index is 0. The van der Waals surface area contributed by atoms with Gasteiger partial charge < -0.3 is 14.6 Å². The first-order valence-electron chi connectivity index (χ1n) is 8.93. The Morgan fingerprint density at radius 1 is 1.23 bits per heavy atom. The van der Waals surface area contributed by atoms with Crippen molar-refractivity contribution in [3.05, 3.63) is 35.7 Å². The maximum absolute atomic E-state index is 5.55. The van der Waals surface area contributed by atoms with Gasteiger partial charge in [-0.3, -0.25) is 9.80 Å². The minimum Gasteiger partial charge on any atom is -0.379 e. The Morgan fingerprint density at radius 2 is 2.08 bits per heavy atom. The fourth-order valence-corrected chi connectivity index (χ4v) is 3.40. The standard InChI is InChI=1S/C18H25N5O2.ClH/c1-22-6-5-19-12-16(22)17-20-18(25-21-17)15-4-2-3-14(11-15)13-23-7-9-24-10-8-23;/h2-4,11,16,19H,5-10,12-13H2,1H3;1H. The lowest BCUT2D eigenvalue weighted by Crippen LogP contribution is -2.44. The molecule has 0 saturated carbocycles. The third-order valence-electron chi connectivity index (χ3n) is 4.93. The molecule has 0 bridgehead atoms. The average Bonchev–Trinajstić information content (AvgIpc) is 3.13. The van der Waals surface area contributed by atoms with E-state index in [-0.39, 0.29) is 18.4 Å². The van der Waals surface area contributed by atoms with Gasteiger partial charge in [-0.25, -0.2) is 0 Å². The van der Waals surface area contributed by atoms with Crippen molar-refractivity contribution < 1.29 is 9.26 Å². The zero-order valence-corrected chi connectivity index (χ0v) is 15.9. The lowest BCUT2D eigenvalue weighted by molar-refractivity contribution is 0.0342. The molecule has 1 aromatic carbocycles. The predicted molar refractivity (Wildman–Crippen MR) is 101 cm³/mol. The molecule has 2 aliphatic rings. The highest BCUT2D eigenvalue weighted by atomic mass is 35.5. The Morgan fingerprint density at radius 3 is 2.88 bits per heavy atom. The van der Waals surface area contributed by atoms with Crippen molar-refractivity contribution in [2.75, 3.05) is 53.0 Å². The van der Waals surface area contributed by atoms with Gasteiger partial charge in [-0.05, 0) is 24.7 Å². The number of likely N-dealkylation sites (N-methyl/N-ethyl adjacent to an activating group) is 1. The second kappa shape index (κ2) is 8.92. The summed E-state index contributed by atoms with van der Waals surface area (Å²) in [5, 5.41) is 7.61. The lowest BCUT2D eigenvalue weighted by atomic mass is 10.1. The fraction of sp³-hybridized carbons (Fsp3) is 0.556. The van der Waals surface area contributed by atoms with Gasteiger partial charge in [0.05, 0.1) is 19.3 Å². The number of hydrogen-bond acceptors (Lipinski definition) is 7. The molecule has 4 rings (SSSR count). The quantitative estimate of drug-likeness (QED) is 0.864. The van der Waals surface area contributed by atoms with Crippen molar-refractivity contribution in [2.45, 2.75) is 12.6 Å². The molecule has 1 atom stereocenters. The summed E-state index contributed by atoms with van der Waals surface area (Å²) in [4.78, 5) is 9.32. The molecular weight excluding hydrogens is 354 g/mol. The van der Waals surface area contributed by atoms with E-state index in [0.717, 1.165) is 63.9 Å². The predicted octanol–water partition coefficient (Wildman–Crippen LogP) is 1.57. The van der Waals surface area contributed by atoms with Crippen LogP contribution in [0, 0.1) is 0 Å². The van der Waals surface area contributed by atoms with E-state index in [0.29, 0.717) is 5.89 Å². The molecule has 142 valence electrons. The Hall–Kier alpha value is -1.51. The smallest absolute Gasteiger partial charge is 0.257 e. The fourth-order valence-electron chi connectivity index (χ4n) is 3.40. The maximum atomic E-state index is 5.55. The molecule has 2 saturated heterocycles. The van der Waals surface area contributed by atoms with Crippen LogP contribution in [-0.2, 0) is 11.3 Å². The Bertz CT molecular complexity index is 704. The number of ether oxygens (including phenoxy) is 1. The summed E-state index contributed by atoms with van der Waals surface area (Å²) in [7, 11) is 2.10. The van der Waals surface area contributed by atoms with Crippen molar-refractivity contribution in [3.63, 3.8) is 0 Å². The highest BCUT2D eigenvalue weighted by molar-refractivity contribution is 5.85. The van der Waals surface area contributed by atoms with E-state index in [2.05, 4.69) is 50.5 Å². The minimum absolute atomic E-state index is 0. The topological polar surface area (TPSA) is 66.7 Å². The van der Waals surface area contributed by atoms with E-state index in [9.17, 15) is 0 Å². The Labute approximate surface area is 160 Å². The summed E-state index contributed by atoms with van der Waals surface area (Å²) >= 11 is 0. The van der Waals surface area contributed by atoms with Crippen LogP contribution in [0.25, 0.3) is 11.5 Å². The number of nitrogens with one attached hydrogen (secondary N) is 1. The highest BCUT2D eigenvalue weighted by Crippen LogP contribution is 2.23. The van der Waals surface area contributed by atoms with Crippen molar-refractivity contribution in [2.24, 2.45) is 0 Å². The molecule has 1 N–H and O–H groups in total. The molecule has 0 aliphatic carbocycles.